The fourth-order valence-electron chi connectivity index (χ4n) is 2.00. The second kappa shape index (κ2) is 5.10. The minimum atomic E-state index is -0.160. The summed E-state index contributed by atoms with van der Waals surface area (Å²) in [5, 5.41) is 14.2. The first-order valence-corrected chi connectivity index (χ1v) is 5.67. The van der Waals surface area contributed by atoms with Crippen molar-refractivity contribution in [3.8, 4) is 0 Å². The lowest BCUT2D eigenvalue weighted by Crippen LogP contribution is -2.40. The molecule has 0 aromatic carbocycles. The van der Waals surface area contributed by atoms with Crippen LogP contribution < -0.4 is 0 Å². The Morgan fingerprint density at radius 2 is 1.36 bits per heavy atom. The van der Waals surface area contributed by atoms with Gasteiger partial charge in [-0.05, 0) is 11.8 Å². The zero-order valence-electron chi connectivity index (χ0n) is 9.90. The first kappa shape index (κ1) is 12.0. The summed E-state index contributed by atoms with van der Waals surface area (Å²) < 4.78 is 0. The molecule has 84 valence electrons. The number of β-amino-alcohol motifs (C(OH)–C–C–N with tert-alkyl or cyclic N) is 1. The molecule has 1 aliphatic heterocycles. The van der Waals surface area contributed by atoms with Gasteiger partial charge in [-0.15, -0.1) is 0 Å². The Bertz CT molecular complexity index is 153. The lowest BCUT2D eigenvalue weighted by atomic mass is 10.2. The van der Waals surface area contributed by atoms with Crippen molar-refractivity contribution in [2.75, 3.05) is 26.2 Å². The van der Waals surface area contributed by atoms with Crippen molar-refractivity contribution in [2.24, 2.45) is 11.8 Å². The predicted octanol–water partition coefficient (Wildman–Crippen LogP) is 1.19. The number of hydrazine groups is 1. The van der Waals surface area contributed by atoms with Crippen molar-refractivity contribution < 1.29 is 5.11 Å². The van der Waals surface area contributed by atoms with Gasteiger partial charge in [0.25, 0.3) is 0 Å². The molecule has 3 nitrogen and oxygen atoms in total. The van der Waals surface area contributed by atoms with Gasteiger partial charge in [-0.2, -0.15) is 0 Å². The Hall–Kier alpha value is -0.120. The standard InChI is InChI=1S/C11H24N2O/c1-9(2)5-12-7-11(14)8-13(12)6-10(3)4/h9-11,14H,5-8H2,1-4H3. The molecule has 1 saturated heterocycles. The number of aliphatic hydroxyl groups is 1. The van der Waals surface area contributed by atoms with Gasteiger partial charge in [0.1, 0.15) is 0 Å². The van der Waals surface area contributed by atoms with Crippen molar-refractivity contribution >= 4 is 0 Å². The van der Waals surface area contributed by atoms with E-state index in [-0.39, 0.29) is 6.10 Å². The van der Waals surface area contributed by atoms with E-state index in [0.717, 1.165) is 26.2 Å². The SMILES string of the molecule is CC(C)CN1CC(O)CN1CC(C)C. The summed E-state index contributed by atoms with van der Waals surface area (Å²) in [4.78, 5) is 0. The molecule has 1 aliphatic rings. The number of hydrogen-bond acceptors (Lipinski definition) is 3. The van der Waals surface area contributed by atoms with Crippen LogP contribution in [0.4, 0.5) is 0 Å². The van der Waals surface area contributed by atoms with Gasteiger partial charge in [0, 0.05) is 26.2 Å². The number of hydrogen-bond donors (Lipinski definition) is 1. The third-order valence-corrected chi connectivity index (χ3v) is 2.39. The second-order valence-corrected chi connectivity index (χ2v) is 5.18. The molecular weight excluding hydrogens is 176 g/mol. The smallest absolute Gasteiger partial charge is 0.0822 e. The Labute approximate surface area is 87.7 Å². The number of nitrogens with zero attached hydrogens (tertiary/aromatic N) is 2. The molecule has 0 aromatic heterocycles. The Morgan fingerprint density at radius 1 is 1.00 bits per heavy atom. The van der Waals surface area contributed by atoms with E-state index in [1.807, 2.05) is 0 Å². The maximum Gasteiger partial charge on any atom is 0.0822 e. The van der Waals surface area contributed by atoms with Gasteiger partial charge >= 0.3 is 0 Å². The third-order valence-electron chi connectivity index (χ3n) is 2.39. The number of aliphatic hydroxyl groups excluding tert-OH is 1. The van der Waals surface area contributed by atoms with Gasteiger partial charge in [-0.3, -0.25) is 0 Å². The molecule has 0 aromatic rings. The predicted molar refractivity (Wildman–Crippen MR) is 58.8 cm³/mol. The zero-order chi connectivity index (χ0) is 10.7. The van der Waals surface area contributed by atoms with Crippen molar-refractivity contribution in [2.45, 2.75) is 33.8 Å². The highest BCUT2D eigenvalue weighted by atomic mass is 16.3. The Morgan fingerprint density at radius 3 is 1.64 bits per heavy atom. The molecule has 0 atom stereocenters. The van der Waals surface area contributed by atoms with Crippen LogP contribution in [0, 0.1) is 11.8 Å². The summed E-state index contributed by atoms with van der Waals surface area (Å²) in [6.07, 6.45) is -0.160. The van der Waals surface area contributed by atoms with E-state index < -0.39 is 0 Å². The van der Waals surface area contributed by atoms with Crippen LogP contribution in [-0.2, 0) is 0 Å². The molecule has 0 spiro atoms. The molecule has 0 saturated carbocycles. The molecule has 0 amide bonds. The van der Waals surface area contributed by atoms with Crippen molar-refractivity contribution in [1.29, 1.82) is 0 Å². The van der Waals surface area contributed by atoms with Crippen LogP contribution in [0.3, 0.4) is 0 Å². The molecule has 0 aliphatic carbocycles. The highest BCUT2D eigenvalue weighted by Crippen LogP contribution is 2.14. The summed E-state index contributed by atoms with van der Waals surface area (Å²) in [5.41, 5.74) is 0. The first-order chi connectivity index (χ1) is 6.49. The maximum atomic E-state index is 9.61. The van der Waals surface area contributed by atoms with E-state index in [1.165, 1.54) is 0 Å². The molecule has 1 N–H and O–H groups in total. The molecule has 0 unspecified atom stereocenters. The highest BCUT2D eigenvalue weighted by Gasteiger charge is 2.28. The lowest BCUT2D eigenvalue weighted by molar-refractivity contribution is 0.00705. The largest absolute Gasteiger partial charge is 0.390 e. The van der Waals surface area contributed by atoms with Crippen molar-refractivity contribution in [3.63, 3.8) is 0 Å². The summed E-state index contributed by atoms with van der Waals surface area (Å²) in [7, 11) is 0. The van der Waals surface area contributed by atoms with E-state index in [2.05, 4.69) is 37.7 Å². The zero-order valence-corrected chi connectivity index (χ0v) is 9.90. The van der Waals surface area contributed by atoms with Crippen LogP contribution >= 0.6 is 0 Å². The van der Waals surface area contributed by atoms with Crippen molar-refractivity contribution in [1.82, 2.24) is 10.0 Å². The van der Waals surface area contributed by atoms with Gasteiger partial charge in [0.2, 0.25) is 0 Å². The minimum Gasteiger partial charge on any atom is -0.390 e. The minimum absolute atomic E-state index is 0.160. The van der Waals surface area contributed by atoms with E-state index in [9.17, 15) is 5.11 Å². The summed E-state index contributed by atoms with van der Waals surface area (Å²) in [5.74, 6) is 1.32. The van der Waals surface area contributed by atoms with Crippen molar-refractivity contribution in [3.05, 3.63) is 0 Å². The van der Waals surface area contributed by atoms with Crippen LogP contribution in [0.15, 0.2) is 0 Å². The highest BCUT2D eigenvalue weighted by molar-refractivity contribution is 4.76. The topological polar surface area (TPSA) is 26.7 Å². The van der Waals surface area contributed by atoms with E-state index >= 15 is 0 Å². The molecule has 1 fully saturated rings. The monoisotopic (exact) mass is 200 g/mol. The molecule has 1 rings (SSSR count). The van der Waals surface area contributed by atoms with Gasteiger partial charge in [0.15, 0.2) is 0 Å². The number of rotatable bonds is 4. The van der Waals surface area contributed by atoms with Gasteiger partial charge in [-0.1, -0.05) is 27.7 Å². The Kier molecular flexibility index (Phi) is 4.35. The molecule has 1 heterocycles. The van der Waals surface area contributed by atoms with E-state index in [4.69, 9.17) is 0 Å². The van der Waals surface area contributed by atoms with E-state index in [1.54, 1.807) is 0 Å². The van der Waals surface area contributed by atoms with Crippen LogP contribution in [0.1, 0.15) is 27.7 Å². The van der Waals surface area contributed by atoms with Gasteiger partial charge in [-0.25, -0.2) is 10.0 Å². The quantitative estimate of drug-likeness (QED) is 0.738. The van der Waals surface area contributed by atoms with Crippen LogP contribution in [0.5, 0.6) is 0 Å². The fraction of sp³-hybridized carbons (Fsp3) is 1.00. The fourth-order valence-corrected chi connectivity index (χ4v) is 2.00. The average Bonchev–Trinajstić information content (AvgIpc) is 2.28. The van der Waals surface area contributed by atoms with Crippen LogP contribution in [0.2, 0.25) is 0 Å². The summed E-state index contributed by atoms with van der Waals surface area (Å²) in [6.45, 7) is 12.6. The van der Waals surface area contributed by atoms with Gasteiger partial charge in [0.05, 0.1) is 6.10 Å². The molecule has 0 bridgehead atoms. The van der Waals surface area contributed by atoms with Gasteiger partial charge < -0.3 is 5.11 Å². The molecule has 14 heavy (non-hydrogen) atoms. The molecule has 3 heteroatoms. The lowest BCUT2D eigenvalue weighted by Gasteiger charge is -2.30. The molecule has 0 radical (unpaired) electrons. The molecular formula is C11H24N2O. The normalized spacial score (nSPS) is 21.6. The van der Waals surface area contributed by atoms with E-state index in [0.29, 0.717) is 11.8 Å². The summed E-state index contributed by atoms with van der Waals surface area (Å²) >= 11 is 0. The summed E-state index contributed by atoms with van der Waals surface area (Å²) in [6, 6.07) is 0. The first-order valence-electron chi connectivity index (χ1n) is 5.67. The second-order valence-electron chi connectivity index (χ2n) is 5.18. The van der Waals surface area contributed by atoms with Crippen LogP contribution in [-0.4, -0.2) is 47.4 Å². The average molecular weight is 200 g/mol. The van der Waals surface area contributed by atoms with Crippen LogP contribution in [0.25, 0.3) is 0 Å². The maximum absolute atomic E-state index is 9.61. The Balaban J connectivity index is 2.45. The third kappa shape index (κ3) is 3.56.